The SMILES string of the molecule is COc1cccc(/C=C2\Oc3c(ccc(O)c3C[NH+]3CCCC[C@H]3C)C2=O)c1OC. The van der Waals surface area contributed by atoms with Crippen LogP contribution in [0.3, 0.4) is 0 Å². The number of nitrogens with one attached hydrogen (secondary N) is 1. The minimum atomic E-state index is -0.196. The lowest BCUT2D eigenvalue weighted by Crippen LogP contribution is -3.14. The van der Waals surface area contributed by atoms with Crippen LogP contribution < -0.4 is 19.1 Å². The van der Waals surface area contributed by atoms with Crippen molar-refractivity contribution in [2.45, 2.75) is 38.8 Å². The summed E-state index contributed by atoms with van der Waals surface area (Å²) in [5.41, 5.74) is 1.87. The molecular weight excluding hydrogens is 382 g/mol. The lowest BCUT2D eigenvalue weighted by atomic mass is 10.0. The zero-order valence-electron chi connectivity index (χ0n) is 17.7. The Morgan fingerprint density at radius 2 is 2.03 bits per heavy atom. The van der Waals surface area contributed by atoms with Gasteiger partial charge in [-0.25, -0.2) is 0 Å². The lowest BCUT2D eigenvalue weighted by Gasteiger charge is -2.30. The molecule has 1 fully saturated rings. The highest BCUT2D eigenvalue weighted by Crippen LogP contribution is 2.40. The summed E-state index contributed by atoms with van der Waals surface area (Å²) in [7, 11) is 3.13. The van der Waals surface area contributed by atoms with E-state index in [1.54, 1.807) is 38.5 Å². The van der Waals surface area contributed by atoms with Crippen molar-refractivity contribution in [1.29, 1.82) is 0 Å². The Labute approximate surface area is 176 Å². The van der Waals surface area contributed by atoms with Crippen molar-refractivity contribution in [2.75, 3.05) is 20.8 Å². The molecule has 2 aromatic carbocycles. The molecule has 0 aromatic heterocycles. The highest BCUT2D eigenvalue weighted by atomic mass is 16.5. The van der Waals surface area contributed by atoms with Crippen molar-refractivity contribution in [3.63, 3.8) is 0 Å². The number of phenols is 1. The molecule has 1 unspecified atom stereocenters. The number of phenolic OH excluding ortho intramolecular Hbond substituents is 1. The predicted octanol–water partition coefficient (Wildman–Crippen LogP) is 2.98. The largest absolute Gasteiger partial charge is 0.507 e. The Kier molecular flexibility index (Phi) is 5.68. The summed E-state index contributed by atoms with van der Waals surface area (Å²) in [4.78, 5) is 14.4. The van der Waals surface area contributed by atoms with Gasteiger partial charge in [0.1, 0.15) is 12.3 Å². The van der Waals surface area contributed by atoms with Crippen LogP contribution >= 0.6 is 0 Å². The number of hydrogen-bond donors (Lipinski definition) is 2. The fourth-order valence-electron chi connectivity index (χ4n) is 4.38. The van der Waals surface area contributed by atoms with Gasteiger partial charge in [-0.15, -0.1) is 0 Å². The third-order valence-electron chi connectivity index (χ3n) is 6.12. The van der Waals surface area contributed by atoms with Crippen LogP contribution in [0.15, 0.2) is 36.1 Å². The van der Waals surface area contributed by atoms with E-state index in [0.29, 0.717) is 46.5 Å². The van der Waals surface area contributed by atoms with Gasteiger partial charge in [-0.05, 0) is 50.5 Å². The fourth-order valence-corrected chi connectivity index (χ4v) is 4.38. The van der Waals surface area contributed by atoms with Gasteiger partial charge in [-0.1, -0.05) is 12.1 Å². The minimum Gasteiger partial charge on any atom is -0.507 e. The Morgan fingerprint density at radius 3 is 2.77 bits per heavy atom. The van der Waals surface area contributed by atoms with Crippen molar-refractivity contribution in [3.8, 4) is 23.0 Å². The molecule has 6 heteroatoms. The molecule has 2 aliphatic heterocycles. The number of likely N-dealkylation sites (tertiary alicyclic amines) is 1. The monoisotopic (exact) mass is 410 g/mol. The molecule has 0 saturated carbocycles. The first kappa shape index (κ1) is 20.3. The number of carbonyl (C=O) groups is 1. The molecule has 2 aliphatic rings. The van der Waals surface area contributed by atoms with Crippen molar-refractivity contribution >= 4 is 11.9 Å². The average Bonchev–Trinajstić information content (AvgIpc) is 3.06. The second-order valence-corrected chi connectivity index (χ2v) is 7.94. The molecule has 30 heavy (non-hydrogen) atoms. The number of aromatic hydroxyl groups is 1. The molecule has 0 radical (unpaired) electrons. The first-order valence-electron chi connectivity index (χ1n) is 10.4. The molecule has 2 heterocycles. The third kappa shape index (κ3) is 3.63. The standard InChI is InChI=1S/C24H27NO5/c1-15-7-4-5-12-25(15)14-18-19(26)11-10-17-22(27)21(30-24(17)18)13-16-8-6-9-20(28-2)23(16)29-3/h6,8-11,13,15,26H,4-5,7,12,14H2,1-3H3/p+1/b21-13-/t15-/m1/s1. The number of quaternary nitrogens is 1. The van der Waals surface area contributed by atoms with Crippen LogP contribution in [-0.4, -0.2) is 37.7 Å². The van der Waals surface area contributed by atoms with Gasteiger partial charge in [-0.2, -0.15) is 0 Å². The van der Waals surface area contributed by atoms with Gasteiger partial charge >= 0.3 is 0 Å². The van der Waals surface area contributed by atoms with Gasteiger partial charge in [-0.3, -0.25) is 4.79 Å². The van der Waals surface area contributed by atoms with Crippen molar-refractivity contribution in [1.82, 2.24) is 0 Å². The molecule has 4 rings (SSSR count). The van der Waals surface area contributed by atoms with Crippen molar-refractivity contribution in [2.24, 2.45) is 0 Å². The number of piperidine rings is 1. The number of hydrogen-bond acceptors (Lipinski definition) is 5. The summed E-state index contributed by atoms with van der Waals surface area (Å²) in [6.45, 7) is 3.93. The van der Waals surface area contributed by atoms with Crippen LogP contribution in [0.5, 0.6) is 23.0 Å². The highest BCUT2D eigenvalue weighted by Gasteiger charge is 2.34. The van der Waals surface area contributed by atoms with E-state index in [2.05, 4.69) is 6.92 Å². The van der Waals surface area contributed by atoms with E-state index < -0.39 is 0 Å². The van der Waals surface area contributed by atoms with Gasteiger partial charge in [0.2, 0.25) is 5.78 Å². The van der Waals surface area contributed by atoms with Crippen LogP contribution in [0.4, 0.5) is 0 Å². The summed E-state index contributed by atoms with van der Waals surface area (Å²) in [5, 5.41) is 10.5. The van der Waals surface area contributed by atoms with E-state index in [1.165, 1.54) is 24.2 Å². The molecule has 158 valence electrons. The number of fused-ring (bicyclic) bond motifs is 1. The van der Waals surface area contributed by atoms with Crippen LogP contribution in [0.25, 0.3) is 6.08 Å². The molecule has 6 nitrogen and oxygen atoms in total. The van der Waals surface area contributed by atoms with Crippen LogP contribution in [0, 0.1) is 0 Å². The molecule has 2 N–H and O–H groups in total. The molecule has 0 aliphatic carbocycles. The summed E-state index contributed by atoms with van der Waals surface area (Å²) >= 11 is 0. The smallest absolute Gasteiger partial charge is 0.231 e. The number of methoxy groups -OCH3 is 2. The maximum Gasteiger partial charge on any atom is 0.231 e. The highest BCUT2D eigenvalue weighted by molar-refractivity contribution is 6.15. The number of ketones is 1. The van der Waals surface area contributed by atoms with E-state index in [9.17, 15) is 9.90 Å². The first-order chi connectivity index (χ1) is 14.5. The predicted molar refractivity (Wildman–Crippen MR) is 113 cm³/mol. The summed E-state index contributed by atoms with van der Waals surface area (Å²) < 4.78 is 16.8. The number of benzene rings is 2. The van der Waals surface area contributed by atoms with Gasteiger partial charge in [0.05, 0.1) is 37.9 Å². The molecule has 0 spiro atoms. The average molecular weight is 410 g/mol. The molecule has 0 amide bonds. The van der Waals surface area contributed by atoms with Gasteiger partial charge in [0.25, 0.3) is 0 Å². The molecule has 1 saturated heterocycles. The van der Waals surface area contributed by atoms with E-state index >= 15 is 0 Å². The van der Waals surface area contributed by atoms with Gasteiger partial charge in [0.15, 0.2) is 23.0 Å². The molecule has 0 bridgehead atoms. The first-order valence-corrected chi connectivity index (χ1v) is 10.4. The quantitative estimate of drug-likeness (QED) is 0.742. The minimum absolute atomic E-state index is 0.173. The summed E-state index contributed by atoms with van der Waals surface area (Å²) in [6.07, 6.45) is 5.26. The molecule has 2 atom stereocenters. The summed E-state index contributed by atoms with van der Waals surface area (Å²) in [5.74, 6) is 1.78. The van der Waals surface area contributed by atoms with Gasteiger partial charge < -0.3 is 24.2 Å². The topological polar surface area (TPSA) is 69.4 Å². The number of ether oxygens (including phenoxy) is 3. The number of Topliss-reactive ketones (excluding diaryl/α,β-unsaturated/α-hetero) is 1. The maximum absolute atomic E-state index is 13.0. The molecular formula is C24H28NO5+. The second kappa shape index (κ2) is 8.40. The second-order valence-electron chi connectivity index (χ2n) is 7.94. The number of rotatable bonds is 5. The van der Waals surface area contributed by atoms with Crippen LogP contribution in [0.1, 0.15) is 47.7 Å². The van der Waals surface area contributed by atoms with Crippen molar-refractivity contribution in [3.05, 3.63) is 52.8 Å². The van der Waals surface area contributed by atoms with E-state index in [0.717, 1.165) is 6.54 Å². The Balaban J connectivity index is 1.69. The third-order valence-corrected chi connectivity index (χ3v) is 6.12. The summed E-state index contributed by atoms with van der Waals surface area (Å²) in [6, 6.07) is 9.21. The van der Waals surface area contributed by atoms with E-state index in [-0.39, 0.29) is 17.3 Å². The zero-order chi connectivity index (χ0) is 21.3. The van der Waals surface area contributed by atoms with Crippen molar-refractivity contribution < 1.29 is 29.0 Å². The van der Waals surface area contributed by atoms with E-state index in [4.69, 9.17) is 14.2 Å². The maximum atomic E-state index is 13.0. The zero-order valence-corrected chi connectivity index (χ0v) is 17.7. The number of allylic oxidation sites excluding steroid dienone is 1. The Bertz CT molecular complexity index is 997. The Morgan fingerprint density at radius 1 is 1.20 bits per heavy atom. The molecule has 2 aromatic rings. The fraction of sp³-hybridized carbons (Fsp3) is 0.375. The Hall–Kier alpha value is -2.99. The number of para-hydroxylation sites is 1. The van der Waals surface area contributed by atoms with E-state index in [1.807, 2.05) is 12.1 Å². The van der Waals surface area contributed by atoms with Crippen LogP contribution in [0.2, 0.25) is 0 Å². The van der Waals surface area contributed by atoms with Gasteiger partial charge in [0, 0.05) is 5.56 Å². The normalized spacial score (nSPS) is 22.0. The lowest BCUT2D eigenvalue weighted by molar-refractivity contribution is -0.941. The van der Waals surface area contributed by atoms with Crippen LogP contribution in [-0.2, 0) is 6.54 Å². The number of carbonyl (C=O) groups excluding carboxylic acids is 1.